The monoisotopic (exact) mass is 376 g/mol. The van der Waals surface area contributed by atoms with Crippen LogP contribution in [0, 0.1) is 5.92 Å². The summed E-state index contributed by atoms with van der Waals surface area (Å²) in [4.78, 5) is 25.2. The molecule has 1 atom stereocenters. The van der Waals surface area contributed by atoms with Crippen molar-refractivity contribution in [2.45, 2.75) is 26.3 Å². The number of nitrogens with one attached hydrogen (secondary N) is 2. The summed E-state index contributed by atoms with van der Waals surface area (Å²) in [7, 11) is 0. The average Bonchev–Trinajstić information content (AvgIpc) is 3.22. The number of anilines is 1. The maximum atomic E-state index is 12.8. The molecule has 0 saturated heterocycles. The number of carbonyl (C=O) groups is 2. The van der Waals surface area contributed by atoms with Crippen LogP contribution in [0.2, 0.25) is 0 Å². The predicted molar refractivity (Wildman–Crippen MR) is 109 cm³/mol. The van der Waals surface area contributed by atoms with Gasteiger partial charge in [0.25, 0.3) is 0 Å². The largest absolute Gasteiger partial charge is 0.344 e. The van der Waals surface area contributed by atoms with Crippen LogP contribution < -0.4 is 10.6 Å². The molecule has 144 valence electrons. The number of rotatable bonds is 7. The molecule has 1 aromatic heterocycles. The van der Waals surface area contributed by atoms with E-state index in [0.29, 0.717) is 5.69 Å². The zero-order valence-corrected chi connectivity index (χ0v) is 16.0. The maximum Gasteiger partial charge on any atom is 0.247 e. The molecule has 0 bridgehead atoms. The van der Waals surface area contributed by atoms with E-state index >= 15 is 0 Å². The van der Waals surface area contributed by atoms with Crippen molar-refractivity contribution < 1.29 is 9.59 Å². The van der Waals surface area contributed by atoms with Crippen LogP contribution in [0.4, 0.5) is 5.69 Å². The molecule has 2 N–H and O–H groups in total. The van der Waals surface area contributed by atoms with E-state index in [1.165, 1.54) is 0 Å². The van der Waals surface area contributed by atoms with Crippen LogP contribution in [0.5, 0.6) is 0 Å². The molecule has 1 unspecified atom stereocenters. The third kappa shape index (κ3) is 5.07. The lowest BCUT2D eigenvalue weighted by molar-refractivity contribution is -0.127. The zero-order chi connectivity index (χ0) is 19.9. The lowest BCUT2D eigenvalue weighted by Gasteiger charge is -2.22. The van der Waals surface area contributed by atoms with Crippen molar-refractivity contribution in [3.05, 3.63) is 78.6 Å². The van der Waals surface area contributed by atoms with Crippen LogP contribution in [0.1, 0.15) is 19.4 Å². The van der Waals surface area contributed by atoms with Gasteiger partial charge in [-0.3, -0.25) is 9.59 Å². The van der Waals surface area contributed by atoms with E-state index in [1.807, 2.05) is 80.7 Å². The van der Waals surface area contributed by atoms with Crippen LogP contribution in [0.25, 0.3) is 5.69 Å². The molecule has 0 aliphatic rings. The summed E-state index contributed by atoms with van der Waals surface area (Å²) < 4.78 is 1.72. The highest BCUT2D eigenvalue weighted by molar-refractivity contribution is 5.97. The molecule has 3 aromatic rings. The van der Waals surface area contributed by atoms with Gasteiger partial charge < -0.3 is 10.6 Å². The Bertz CT molecular complexity index is 921. The van der Waals surface area contributed by atoms with Crippen LogP contribution in [0.3, 0.4) is 0 Å². The topological polar surface area (TPSA) is 76.0 Å². The Morgan fingerprint density at radius 2 is 1.82 bits per heavy atom. The molecule has 6 nitrogen and oxygen atoms in total. The van der Waals surface area contributed by atoms with Gasteiger partial charge in [-0.15, -0.1) is 0 Å². The zero-order valence-electron chi connectivity index (χ0n) is 16.0. The van der Waals surface area contributed by atoms with Crippen LogP contribution in [-0.4, -0.2) is 27.6 Å². The Labute approximate surface area is 164 Å². The third-order valence-electron chi connectivity index (χ3n) is 4.36. The van der Waals surface area contributed by atoms with Crippen molar-refractivity contribution >= 4 is 17.5 Å². The SMILES string of the molecule is CC(C)C(NC(=O)Cc1ccccc1)C(=O)Nc1cccc(-n2cccn2)c1. The van der Waals surface area contributed by atoms with E-state index in [9.17, 15) is 9.59 Å². The van der Waals surface area contributed by atoms with Crippen molar-refractivity contribution in [2.75, 3.05) is 5.32 Å². The normalized spacial score (nSPS) is 11.8. The van der Waals surface area contributed by atoms with Crippen LogP contribution in [-0.2, 0) is 16.0 Å². The fourth-order valence-electron chi connectivity index (χ4n) is 2.91. The van der Waals surface area contributed by atoms with Gasteiger partial charge in [0.1, 0.15) is 6.04 Å². The molecule has 0 aliphatic carbocycles. The molecule has 2 amide bonds. The van der Waals surface area contributed by atoms with Crippen LogP contribution >= 0.6 is 0 Å². The molecular formula is C22H24N4O2. The van der Waals surface area contributed by atoms with Gasteiger partial charge in [0.05, 0.1) is 12.1 Å². The second-order valence-corrected chi connectivity index (χ2v) is 6.94. The maximum absolute atomic E-state index is 12.8. The first-order valence-corrected chi connectivity index (χ1v) is 9.27. The minimum absolute atomic E-state index is 0.0472. The van der Waals surface area contributed by atoms with Gasteiger partial charge in [0, 0.05) is 18.1 Å². The molecule has 1 heterocycles. The number of hydrogen-bond acceptors (Lipinski definition) is 3. The van der Waals surface area contributed by atoms with E-state index in [4.69, 9.17) is 0 Å². The summed E-state index contributed by atoms with van der Waals surface area (Å²) in [5.74, 6) is -0.464. The summed E-state index contributed by atoms with van der Waals surface area (Å²) in [5.41, 5.74) is 2.41. The van der Waals surface area contributed by atoms with Crippen molar-refractivity contribution in [1.29, 1.82) is 0 Å². The molecule has 0 fully saturated rings. The minimum Gasteiger partial charge on any atom is -0.344 e. The summed E-state index contributed by atoms with van der Waals surface area (Å²) in [5, 5.41) is 9.96. The molecule has 6 heteroatoms. The minimum atomic E-state index is -0.621. The number of benzene rings is 2. The molecule has 28 heavy (non-hydrogen) atoms. The Balaban J connectivity index is 1.66. The van der Waals surface area contributed by atoms with Crippen molar-refractivity contribution in [3.63, 3.8) is 0 Å². The smallest absolute Gasteiger partial charge is 0.247 e. The number of aromatic nitrogens is 2. The molecular weight excluding hydrogens is 352 g/mol. The number of amides is 2. The average molecular weight is 376 g/mol. The van der Waals surface area contributed by atoms with Gasteiger partial charge in [-0.25, -0.2) is 4.68 Å². The van der Waals surface area contributed by atoms with Crippen LogP contribution in [0.15, 0.2) is 73.1 Å². The Hall–Kier alpha value is -3.41. The van der Waals surface area contributed by atoms with Gasteiger partial charge >= 0.3 is 0 Å². The highest BCUT2D eigenvalue weighted by Gasteiger charge is 2.24. The molecule has 0 aliphatic heterocycles. The number of hydrogen-bond donors (Lipinski definition) is 2. The van der Waals surface area contributed by atoms with E-state index < -0.39 is 6.04 Å². The Kier molecular flexibility index (Phi) is 6.22. The van der Waals surface area contributed by atoms with E-state index in [-0.39, 0.29) is 24.2 Å². The highest BCUT2D eigenvalue weighted by Crippen LogP contribution is 2.15. The molecule has 3 rings (SSSR count). The summed E-state index contributed by atoms with van der Waals surface area (Å²) in [6, 6.07) is 18.1. The van der Waals surface area contributed by atoms with Gasteiger partial charge in [-0.05, 0) is 35.7 Å². The van der Waals surface area contributed by atoms with Crippen molar-refractivity contribution in [2.24, 2.45) is 5.92 Å². The van der Waals surface area contributed by atoms with Gasteiger partial charge in [0.15, 0.2) is 0 Å². The Morgan fingerprint density at radius 3 is 2.50 bits per heavy atom. The van der Waals surface area contributed by atoms with Crippen molar-refractivity contribution in [3.8, 4) is 5.69 Å². The highest BCUT2D eigenvalue weighted by atomic mass is 16.2. The van der Waals surface area contributed by atoms with Gasteiger partial charge in [0.2, 0.25) is 11.8 Å². The predicted octanol–water partition coefficient (Wildman–Crippen LogP) is 3.19. The first kappa shape index (κ1) is 19.4. The first-order chi connectivity index (χ1) is 13.5. The summed E-state index contributed by atoms with van der Waals surface area (Å²) in [6.45, 7) is 3.82. The molecule has 0 saturated carbocycles. The number of nitrogens with zero attached hydrogens (tertiary/aromatic N) is 2. The fraction of sp³-hybridized carbons (Fsp3) is 0.227. The standard InChI is InChI=1S/C22H24N4O2/c1-16(2)21(25-20(27)14-17-8-4-3-5-9-17)22(28)24-18-10-6-11-19(15-18)26-13-7-12-23-26/h3-13,15-16,21H,14H2,1-2H3,(H,24,28)(H,25,27). The lowest BCUT2D eigenvalue weighted by Crippen LogP contribution is -2.47. The lowest BCUT2D eigenvalue weighted by atomic mass is 10.0. The first-order valence-electron chi connectivity index (χ1n) is 9.27. The Morgan fingerprint density at radius 1 is 1.04 bits per heavy atom. The van der Waals surface area contributed by atoms with Gasteiger partial charge in [-0.2, -0.15) is 5.10 Å². The third-order valence-corrected chi connectivity index (χ3v) is 4.36. The van der Waals surface area contributed by atoms with Gasteiger partial charge in [-0.1, -0.05) is 50.2 Å². The second kappa shape index (κ2) is 8.99. The fourth-order valence-corrected chi connectivity index (χ4v) is 2.91. The number of carbonyl (C=O) groups excluding carboxylic acids is 2. The van der Waals surface area contributed by atoms with E-state index in [2.05, 4.69) is 15.7 Å². The summed E-state index contributed by atoms with van der Waals surface area (Å²) in [6.07, 6.45) is 3.77. The quantitative estimate of drug-likeness (QED) is 0.665. The van der Waals surface area contributed by atoms with E-state index in [0.717, 1.165) is 11.3 Å². The summed E-state index contributed by atoms with van der Waals surface area (Å²) >= 11 is 0. The van der Waals surface area contributed by atoms with Crippen molar-refractivity contribution in [1.82, 2.24) is 15.1 Å². The molecule has 0 radical (unpaired) electrons. The second-order valence-electron chi connectivity index (χ2n) is 6.94. The molecule has 2 aromatic carbocycles. The molecule has 0 spiro atoms. The van der Waals surface area contributed by atoms with E-state index in [1.54, 1.807) is 10.9 Å².